The van der Waals surface area contributed by atoms with Crippen LogP contribution in [-0.2, 0) is 9.59 Å². The van der Waals surface area contributed by atoms with Crippen LogP contribution in [0, 0.1) is 11.8 Å². The molecule has 2 aliphatic rings. The molecule has 0 aromatic carbocycles. The zero-order valence-corrected chi connectivity index (χ0v) is 11.7. The molecule has 108 valence electrons. The third-order valence-electron chi connectivity index (χ3n) is 4.42. The Bertz CT molecular complexity index is 351. The summed E-state index contributed by atoms with van der Waals surface area (Å²) in [5.74, 6) is -0.911. The fourth-order valence-electron chi connectivity index (χ4n) is 3.11. The molecule has 0 aromatic rings. The van der Waals surface area contributed by atoms with Gasteiger partial charge in [0, 0.05) is 6.04 Å². The molecule has 1 saturated carbocycles. The summed E-state index contributed by atoms with van der Waals surface area (Å²) in [7, 11) is 0. The van der Waals surface area contributed by atoms with Crippen LogP contribution in [0.1, 0.15) is 46.0 Å². The summed E-state index contributed by atoms with van der Waals surface area (Å²) in [4.78, 5) is 23.6. The maximum Gasteiger partial charge on any atom is 0.228 e. The van der Waals surface area contributed by atoms with Crippen molar-refractivity contribution in [3.8, 4) is 0 Å². The van der Waals surface area contributed by atoms with Gasteiger partial charge in [-0.25, -0.2) is 0 Å². The Morgan fingerprint density at radius 3 is 2.47 bits per heavy atom. The second-order valence-corrected chi connectivity index (χ2v) is 5.93. The fourth-order valence-corrected chi connectivity index (χ4v) is 3.11. The number of nitrogens with one attached hydrogen (secondary N) is 2. The van der Waals surface area contributed by atoms with Crippen LogP contribution >= 0.6 is 0 Å². The van der Waals surface area contributed by atoms with Crippen LogP contribution in [0.3, 0.4) is 0 Å². The van der Waals surface area contributed by atoms with E-state index < -0.39 is 12.0 Å². The Balaban J connectivity index is 1.86. The summed E-state index contributed by atoms with van der Waals surface area (Å²) in [6, 6.07) is 0.0422. The number of carbonyl (C=O) groups excluding carboxylic acids is 2. The lowest BCUT2D eigenvalue weighted by Gasteiger charge is -2.41. The molecule has 1 aliphatic heterocycles. The van der Waals surface area contributed by atoms with Crippen molar-refractivity contribution in [1.82, 2.24) is 10.6 Å². The summed E-state index contributed by atoms with van der Waals surface area (Å²) < 4.78 is 0. The van der Waals surface area contributed by atoms with Crippen molar-refractivity contribution in [3.05, 3.63) is 0 Å². The molecular formula is C14H24N2O3. The van der Waals surface area contributed by atoms with Gasteiger partial charge in [0.05, 0.1) is 24.0 Å². The van der Waals surface area contributed by atoms with Crippen LogP contribution in [0.5, 0.6) is 0 Å². The van der Waals surface area contributed by atoms with Crippen molar-refractivity contribution in [2.24, 2.45) is 11.8 Å². The number of amides is 2. The molecule has 1 aliphatic carbocycles. The van der Waals surface area contributed by atoms with Crippen molar-refractivity contribution in [3.63, 3.8) is 0 Å². The molecular weight excluding hydrogens is 244 g/mol. The molecule has 0 radical (unpaired) electrons. The molecule has 0 aromatic heterocycles. The van der Waals surface area contributed by atoms with Crippen LogP contribution in [0.2, 0.25) is 0 Å². The minimum absolute atomic E-state index is 0.0115. The highest BCUT2D eigenvalue weighted by molar-refractivity contribution is 5.90. The Labute approximate surface area is 114 Å². The average molecular weight is 268 g/mol. The second-order valence-electron chi connectivity index (χ2n) is 5.93. The van der Waals surface area contributed by atoms with E-state index in [1.54, 1.807) is 6.92 Å². The van der Waals surface area contributed by atoms with Gasteiger partial charge < -0.3 is 15.7 Å². The zero-order chi connectivity index (χ0) is 14.0. The van der Waals surface area contributed by atoms with Crippen molar-refractivity contribution in [2.45, 2.75) is 64.1 Å². The maximum atomic E-state index is 12.2. The van der Waals surface area contributed by atoms with Gasteiger partial charge in [0.1, 0.15) is 0 Å². The normalized spacial score (nSPS) is 31.0. The van der Waals surface area contributed by atoms with Gasteiger partial charge in [-0.2, -0.15) is 0 Å². The largest absolute Gasteiger partial charge is 0.393 e. The summed E-state index contributed by atoms with van der Waals surface area (Å²) in [6.45, 7) is 3.42. The first kappa shape index (κ1) is 14.3. The fraction of sp³-hybridized carbons (Fsp3) is 0.857. The van der Waals surface area contributed by atoms with E-state index in [2.05, 4.69) is 10.6 Å². The van der Waals surface area contributed by atoms with Gasteiger partial charge in [-0.05, 0) is 19.8 Å². The molecule has 19 heavy (non-hydrogen) atoms. The second kappa shape index (κ2) is 5.90. The highest BCUT2D eigenvalue weighted by atomic mass is 16.3. The van der Waals surface area contributed by atoms with E-state index in [0.717, 1.165) is 12.8 Å². The van der Waals surface area contributed by atoms with E-state index in [9.17, 15) is 14.7 Å². The molecule has 0 bridgehead atoms. The van der Waals surface area contributed by atoms with Gasteiger partial charge >= 0.3 is 0 Å². The number of β-lactam (4-membered cyclic amide) rings is 1. The Morgan fingerprint density at radius 1 is 1.32 bits per heavy atom. The molecule has 5 heteroatoms. The lowest BCUT2D eigenvalue weighted by atomic mass is 9.78. The van der Waals surface area contributed by atoms with Crippen LogP contribution in [0.15, 0.2) is 0 Å². The van der Waals surface area contributed by atoms with Crippen molar-refractivity contribution >= 4 is 11.8 Å². The van der Waals surface area contributed by atoms with Gasteiger partial charge in [-0.15, -0.1) is 0 Å². The number of carbonyl (C=O) groups is 2. The van der Waals surface area contributed by atoms with Crippen LogP contribution in [0.4, 0.5) is 0 Å². The van der Waals surface area contributed by atoms with Gasteiger partial charge in [-0.1, -0.05) is 26.2 Å². The molecule has 5 nitrogen and oxygen atoms in total. The number of hydrogen-bond acceptors (Lipinski definition) is 3. The first-order chi connectivity index (χ1) is 9.00. The van der Waals surface area contributed by atoms with Gasteiger partial charge in [0.25, 0.3) is 0 Å². The average Bonchev–Trinajstić information content (AvgIpc) is 2.35. The molecule has 2 amide bonds. The third-order valence-corrected chi connectivity index (χ3v) is 4.42. The van der Waals surface area contributed by atoms with Crippen LogP contribution in [-0.4, -0.2) is 35.1 Å². The van der Waals surface area contributed by atoms with Crippen LogP contribution in [0.25, 0.3) is 0 Å². The highest BCUT2D eigenvalue weighted by Crippen LogP contribution is 2.26. The summed E-state index contributed by atoms with van der Waals surface area (Å²) in [5, 5.41) is 15.4. The Morgan fingerprint density at radius 2 is 1.95 bits per heavy atom. The zero-order valence-electron chi connectivity index (χ0n) is 11.7. The highest BCUT2D eigenvalue weighted by Gasteiger charge is 2.47. The number of rotatable bonds is 4. The van der Waals surface area contributed by atoms with E-state index in [4.69, 9.17) is 0 Å². The first-order valence-corrected chi connectivity index (χ1v) is 7.29. The van der Waals surface area contributed by atoms with E-state index in [1.807, 2.05) is 6.92 Å². The summed E-state index contributed by atoms with van der Waals surface area (Å²) >= 11 is 0. The van der Waals surface area contributed by atoms with E-state index >= 15 is 0 Å². The molecule has 1 saturated heterocycles. The predicted molar refractivity (Wildman–Crippen MR) is 71.3 cm³/mol. The van der Waals surface area contributed by atoms with E-state index in [-0.39, 0.29) is 29.8 Å². The first-order valence-electron chi connectivity index (χ1n) is 7.29. The summed E-state index contributed by atoms with van der Waals surface area (Å²) in [6.07, 6.45) is 5.00. The quantitative estimate of drug-likeness (QED) is 0.652. The Kier molecular flexibility index (Phi) is 4.45. The predicted octanol–water partition coefficient (Wildman–Crippen LogP) is 0.567. The smallest absolute Gasteiger partial charge is 0.228 e. The van der Waals surface area contributed by atoms with Crippen LogP contribution < -0.4 is 10.6 Å². The lowest BCUT2D eigenvalue weighted by Crippen LogP contribution is -2.66. The SMILES string of the molecule is C[C@@H](O)C1C(=O)N[C@@H]1[C@@H](C)C(=O)NC1CCCCC1. The Hall–Kier alpha value is -1.10. The van der Waals surface area contributed by atoms with Gasteiger partial charge in [0.15, 0.2) is 0 Å². The van der Waals surface area contributed by atoms with Crippen molar-refractivity contribution in [2.75, 3.05) is 0 Å². The molecule has 2 fully saturated rings. The van der Waals surface area contributed by atoms with E-state index in [0.29, 0.717) is 0 Å². The lowest BCUT2D eigenvalue weighted by molar-refractivity contribution is -0.145. The number of hydrogen-bond donors (Lipinski definition) is 3. The standard InChI is InChI=1S/C14H24N2O3/c1-8(12-11(9(2)17)14(19)16-12)13(18)15-10-6-4-3-5-7-10/h8-12,17H,3-7H2,1-2H3,(H,15,18)(H,16,19)/t8-,9-,11?,12-/m1/s1. The minimum Gasteiger partial charge on any atom is -0.393 e. The van der Waals surface area contributed by atoms with E-state index in [1.165, 1.54) is 19.3 Å². The van der Waals surface area contributed by atoms with Gasteiger partial charge in [0.2, 0.25) is 11.8 Å². The maximum absolute atomic E-state index is 12.2. The minimum atomic E-state index is -0.705. The van der Waals surface area contributed by atoms with Crippen molar-refractivity contribution < 1.29 is 14.7 Å². The topological polar surface area (TPSA) is 78.4 Å². The molecule has 1 heterocycles. The molecule has 4 atom stereocenters. The number of aliphatic hydroxyl groups excluding tert-OH is 1. The van der Waals surface area contributed by atoms with Crippen molar-refractivity contribution in [1.29, 1.82) is 0 Å². The van der Waals surface area contributed by atoms with Gasteiger partial charge in [-0.3, -0.25) is 9.59 Å². The molecule has 0 spiro atoms. The number of aliphatic hydroxyl groups is 1. The molecule has 3 N–H and O–H groups in total. The molecule has 2 rings (SSSR count). The third kappa shape index (κ3) is 3.08. The molecule has 1 unspecified atom stereocenters. The summed E-state index contributed by atoms with van der Waals surface area (Å²) in [5.41, 5.74) is 0. The monoisotopic (exact) mass is 268 g/mol.